The van der Waals surface area contributed by atoms with Crippen molar-refractivity contribution in [2.75, 3.05) is 7.11 Å². The average molecular weight is 240 g/mol. The molecule has 0 saturated heterocycles. The van der Waals surface area contributed by atoms with Crippen LogP contribution in [0.4, 0.5) is 0 Å². The van der Waals surface area contributed by atoms with E-state index in [2.05, 4.69) is 55.6 Å². The van der Waals surface area contributed by atoms with Crippen molar-refractivity contribution in [2.24, 2.45) is 0 Å². The first kappa shape index (κ1) is 10.6. The lowest BCUT2D eigenvalue weighted by molar-refractivity contribution is 0.417. The van der Waals surface area contributed by atoms with E-state index in [1.54, 1.807) is 7.11 Å². The second-order valence-electron chi connectivity index (χ2n) is 5.05. The summed E-state index contributed by atoms with van der Waals surface area (Å²) >= 11 is 0. The molecule has 86 valence electrons. The molecule has 0 N–H and O–H groups in total. The molecule has 0 atom stereocenters. The number of methoxy groups -OCH3 is 1. The molecule has 1 aliphatic rings. The molecule has 0 unspecified atom stereocenters. The van der Waals surface area contributed by atoms with Gasteiger partial charge in [-0.2, -0.15) is 0 Å². The smallest absolute Gasteiger partial charge is 0.126 e. The van der Waals surface area contributed by atoms with E-state index in [-0.39, 0.29) is 0 Å². The van der Waals surface area contributed by atoms with Crippen LogP contribution in [0, 0.1) is 0 Å². The third-order valence-electron chi connectivity index (χ3n) is 3.79. The molecular formula is C15H16OSi. The predicted molar refractivity (Wildman–Crippen MR) is 75.2 cm³/mol. The zero-order valence-corrected chi connectivity index (χ0v) is 11.4. The Morgan fingerprint density at radius 2 is 1.59 bits per heavy atom. The van der Waals surface area contributed by atoms with Gasteiger partial charge < -0.3 is 4.74 Å². The van der Waals surface area contributed by atoms with Crippen LogP contribution in [-0.2, 0) is 0 Å². The lowest BCUT2D eigenvalue weighted by Crippen LogP contribution is -2.49. The molecule has 2 aromatic rings. The van der Waals surface area contributed by atoms with E-state index in [9.17, 15) is 0 Å². The summed E-state index contributed by atoms with van der Waals surface area (Å²) in [5, 5.41) is 3.03. The number of hydrogen-bond donors (Lipinski definition) is 0. The van der Waals surface area contributed by atoms with Gasteiger partial charge in [-0.25, -0.2) is 0 Å². The molecule has 0 saturated carbocycles. The molecule has 2 heteroatoms. The van der Waals surface area contributed by atoms with E-state index in [0.29, 0.717) is 0 Å². The topological polar surface area (TPSA) is 9.23 Å². The number of benzene rings is 2. The van der Waals surface area contributed by atoms with Crippen molar-refractivity contribution in [1.82, 2.24) is 0 Å². The lowest BCUT2D eigenvalue weighted by Gasteiger charge is -2.18. The van der Waals surface area contributed by atoms with Crippen molar-refractivity contribution in [3.05, 3.63) is 42.5 Å². The number of hydrogen-bond acceptors (Lipinski definition) is 1. The van der Waals surface area contributed by atoms with Crippen molar-refractivity contribution >= 4 is 18.4 Å². The minimum Gasteiger partial charge on any atom is -0.496 e. The van der Waals surface area contributed by atoms with Crippen LogP contribution in [0.3, 0.4) is 0 Å². The molecule has 0 amide bonds. The molecule has 1 aliphatic heterocycles. The van der Waals surface area contributed by atoms with Gasteiger partial charge in [0.25, 0.3) is 0 Å². The Morgan fingerprint density at radius 3 is 2.35 bits per heavy atom. The summed E-state index contributed by atoms with van der Waals surface area (Å²) in [5.41, 5.74) is 2.69. The molecule has 17 heavy (non-hydrogen) atoms. The summed E-state index contributed by atoms with van der Waals surface area (Å²) < 4.78 is 5.53. The third kappa shape index (κ3) is 1.31. The van der Waals surface area contributed by atoms with Crippen LogP contribution in [0.15, 0.2) is 42.5 Å². The SMILES string of the molecule is COc1cccc2c1-c1ccccc1[Si]2(C)C. The Hall–Kier alpha value is -1.54. The van der Waals surface area contributed by atoms with Gasteiger partial charge >= 0.3 is 0 Å². The molecule has 0 bridgehead atoms. The maximum Gasteiger partial charge on any atom is 0.126 e. The van der Waals surface area contributed by atoms with Gasteiger partial charge in [0.2, 0.25) is 0 Å². The molecule has 0 radical (unpaired) electrons. The molecular weight excluding hydrogens is 224 g/mol. The van der Waals surface area contributed by atoms with E-state index in [0.717, 1.165) is 5.75 Å². The first-order chi connectivity index (χ1) is 8.16. The standard InChI is InChI=1S/C15H16OSi/c1-16-12-8-6-10-14-15(12)11-7-4-5-9-13(11)17(14,2)3/h4-10H,1-3H3. The second-order valence-corrected chi connectivity index (χ2v) is 9.38. The normalized spacial score (nSPS) is 15.2. The van der Waals surface area contributed by atoms with Gasteiger partial charge in [0, 0.05) is 5.56 Å². The van der Waals surface area contributed by atoms with Gasteiger partial charge in [0.1, 0.15) is 13.8 Å². The van der Waals surface area contributed by atoms with Crippen molar-refractivity contribution in [3.63, 3.8) is 0 Å². The van der Waals surface area contributed by atoms with Crippen molar-refractivity contribution < 1.29 is 4.74 Å². The van der Waals surface area contributed by atoms with Crippen LogP contribution in [-0.4, -0.2) is 15.2 Å². The van der Waals surface area contributed by atoms with Gasteiger partial charge in [0.05, 0.1) is 7.11 Å². The van der Waals surface area contributed by atoms with E-state index in [1.807, 2.05) is 0 Å². The fourth-order valence-corrected chi connectivity index (χ4v) is 5.97. The summed E-state index contributed by atoms with van der Waals surface area (Å²) in [5.74, 6) is 1.01. The maximum absolute atomic E-state index is 5.53. The molecule has 1 heterocycles. The van der Waals surface area contributed by atoms with E-state index in [4.69, 9.17) is 4.74 Å². The summed E-state index contributed by atoms with van der Waals surface area (Å²) in [6, 6.07) is 15.2. The van der Waals surface area contributed by atoms with Gasteiger partial charge in [0.15, 0.2) is 0 Å². The molecule has 3 rings (SSSR count). The summed E-state index contributed by atoms with van der Waals surface area (Å²) in [7, 11) is 0.246. The Kier molecular flexibility index (Phi) is 2.17. The molecule has 0 fully saturated rings. The molecule has 0 aliphatic carbocycles. The van der Waals surface area contributed by atoms with Gasteiger partial charge in [-0.1, -0.05) is 49.5 Å². The quantitative estimate of drug-likeness (QED) is 0.696. The van der Waals surface area contributed by atoms with Gasteiger partial charge in [-0.3, -0.25) is 0 Å². The minimum absolute atomic E-state index is 1.01. The van der Waals surface area contributed by atoms with Crippen LogP contribution in [0.25, 0.3) is 11.1 Å². The summed E-state index contributed by atoms with van der Waals surface area (Å²) in [6.07, 6.45) is 0. The molecule has 1 nitrogen and oxygen atoms in total. The van der Waals surface area contributed by atoms with Gasteiger partial charge in [-0.15, -0.1) is 0 Å². The Bertz CT molecular complexity index is 587. The predicted octanol–water partition coefficient (Wildman–Crippen LogP) is 2.50. The Balaban J connectivity index is 2.41. The highest BCUT2D eigenvalue weighted by Gasteiger charge is 2.38. The monoisotopic (exact) mass is 240 g/mol. The highest BCUT2D eigenvalue weighted by molar-refractivity contribution is 7.03. The van der Waals surface area contributed by atoms with Crippen LogP contribution in [0.1, 0.15) is 0 Å². The first-order valence-electron chi connectivity index (χ1n) is 5.93. The van der Waals surface area contributed by atoms with Crippen molar-refractivity contribution in [2.45, 2.75) is 13.1 Å². The van der Waals surface area contributed by atoms with Crippen LogP contribution in [0.2, 0.25) is 13.1 Å². The van der Waals surface area contributed by atoms with Crippen LogP contribution < -0.4 is 15.1 Å². The highest BCUT2D eigenvalue weighted by atomic mass is 28.3. The van der Waals surface area contributed by atoms with Crippen LogP contribution >= 0.6 is 0 Å². The van der Waals surface area contributed by atoms with Crippen molar-refractivity contribution in [1.29, 1.82) is 0 Å². The average Bonchev–Trinajstić information content (AvgIpc) is 2.60. The van der Waals surface area contributed by atoms with E-state index in [1.165, 1.54) is 21.5 Å². The Morgan fingerprint density at radius 1 is 0.882 bits per heavy atom. The fraction of sp³-hybridized carbons (Fsp3) is 0.200. The van der Waals surface area contributed by atoms with E-state index >= 15 is 0 Å². The lowest BCUT2D eigenvalue weighted by atomic mass is 10.1. The molecule has 2 aromatic carbocycles. The maximum atomic E-state index is 5.53. The van der Waals surface area contributed by atoms with Gasteiger partial charge in [-0.05, 0) is 22.0 Å². The zero-order valence-electron chi connectivity index (χ0n) is 10.4. The first-order valence-corrected chi connectivity index (χ1v) is 8.93. The fourth-order valence-electron chi connectivity index (χ4n) is 2.89. The number of ether oxygens (including phenoxy) is 1. The van der Waals surface area contributed by atoms with E-state index < -0.39 is 8.07 Å². The largest absolute Gasteiger partial charge is 0.496 e. The zero-order chi connectivity index (χ0) is 12.0. The molecule has 0 spiro atoms. The third-order valence-corrected chi connectivity index (χ3v) is 7.34. The highest BCUT2D eigenvalue weighted by Crippen LogP contribution is 2.34. The minimum atomic E-state index is -1.51. The second kappa shape index (κ2) is 3.47. The number of rotatable bonds is 1. The summed E-state index contributed by atoms with van der Waals surface area (Å²) in [6.45, 7) is 4.83. The number of fused-ring (bicyclic) bond motifs is 3. The Labute approximate surface area is 103 Å². The van der Waals surface area contributed by atoms with Crippen LogP contribution in [0.5, 0.6) is 5.75 Å². The van der Waals surface area contributed by atoms with Crippen molar-refractivity contribution in [3.8, 4) is 16.9 Å². The molecule has 0 aromatic heterocycles. The summed E-state index contributed by atoms with van der Waals surface area (Å²) in [4.78, 5) is 0.